The van der Waals surface area contributed by atoms with E-state index in [1.54, 1.807) is 30.1 Å². The fraction of sp³-hybridized carbons (Fsp3) is 0.167. The molecule has 0 atom stereocenters. The number of anilines is 3. The van der Waals surface area contributed by atoms with Gasteiger partial charge in [-0.1, -0.05) is 12.1 Å². The molecule has 100 valence electrons. The minimum atomic E-state index is -0.354. The molecule has 2 aromatic rings. The Balaban J connectivity index is 2.50. The van der Waals surface area contributed by atoms with Crippen LogP contribution in [-0.4, -0.2) is 24.1 Å². The monoisotopic (exact) mass is 263 g/mol. The molecule has 0 aliphatic heterocycles. The van der Waals surface area contributed by atoms with Crippen molar-refractivity contribution in [1.29, 1.82) is 0 Å². The summed E-state index contributed by atoms with van der Waals surface area (Å²) in [6.45, 7) is 0. The highest BCUT2D eigenvalue weighted by molar-refractivity contribution is 5.70. The summed E-state index contributed by atoms with van der Waals surface area (Å²) in [5.41, 5.74) is 2.79. The molecule has 0 saturated heterocycles. The summed E-state index contributed by atoms with van der Waals surface area (Å²) >= 11 is 0. The summed E-state index contributed by atoms with van der Waals surface area (Å²) in [6, 6.07) is 6.38. The van der Waals surface area contributed by atoms with Crippen LogP contribution in [0, 0.1) is 5.82 Å². The van der Waals surface area contributed by atoms with Gasteiger partial charge in [-0.15, -0.1) is 0 Å². The zero-order chi connectivity index (χ0) is 13.8. The molecule has 6 nitrogen and oxygen atoms in total. The van der Waals surface area contributed by atoms with Crippen LogP contribution in [0.5, 0.6) is 5.75 Å². The predicted molar refractivity (Wildman–Crippen MR) is 70.9 cm³/mol. The van der Waals surface area contributed by atoms with E-state index in [0.717, 1.165) is 0 Å². The van der Waals surface area contributed by atoms with Crippen molar-refractivity contribution in [1.82, 2.24) is 9.97 Å². The number of nitrogen functional groups attached to an aromatic ring is 1. The van der Waals surface area contributed by atoms with Crippen molar-refractivity contribution in [3.8, 4) is 5.75 Å². The molecule has 0 amide bonds. The number of hydrogen-bond donors (Lipinski definition) is 2. The maximum absolute atomic E-state index is 13.8. The van der Waals surface area contributed by atoms with E-state index in [2.05, 4.69) is 15.4 Å². The maximum Gasteiger partial charge on any atom is 0.206 e. The van der Waals surface area contributed by atoms with Crippen LogP contribution in [0.4, 0.5) is 21.7 Å². The molecule has 2 rings (SSSR count). The summed E-state index contributed by atoms with van der Waals surface area (Å²) in [5.74, 6) is 6.08. The van der Waals surface area contributed by atoms with Crippen LogP contribution in [0.25, 0.3) is 0 Å². The molecule has 0 aliphatic rings. The molecule has 0 saturated carbocycles. The molecule has 0 fully saturated rings. The molecule has 0 aliphatic carbocycles. The second kappa shape index (κ2) is 5.49. The lowest BCUT2D eigenvalue weighted by atomic mass is 10.2. The van der Waals surface area contributed by atoms with Crippen LogP contribution in [0.1, 0.15) is 0 Å². The molecular weight excluding hydrogens is 249 g/mol. The van der Waals surface area contributed by atoms with E-state index in [-0.39, 0.29) is 5.82 Å². The molecule has 7 heteroatoms. The lowest BCUT2D eigenvalue weighted by molar-refractivity contribution is 0.413. The van der Waals surface area contributed by atoms with Gasteiger partial charge in [0.25, 0.3) is 0 Å². The largest absolute Gasteiger partial charge is 0.490 e. The number of para-hydroxylation sites is 1. The third-order valence-corrected chi connectivity index (χ3v) is 2.66. The zero-order valence-electron chi connectivity index (χ0n) is 10.6. The number of aromatic nitrogens is 2. The van der Waals surface area contributed by atoms with Crippen LogP contribution in [0.3, 0.4) is 0 Å². The third kappa shape index (κ3) is 2.41. The summed E-state index contributed by atoms with van der Waals surface area (Å²) in [4.78, 5) is 9.60. The number of nitrogens with two attached hydrogens (primary N) is 1. The average molecular weight is 263 g/mol. The van der Waals surface area contributed by atoms with Gasteiger partial charge in [0, 0.05) is 7.05 Å². The zero-order valence-corrected chi connectivity index (χ0v) is 10.6. The highest BCUT2D eigenvalue weighted by Crippen LogP contribution is 2.35. The first-order chi connectivity index (χ1) is 9.19. The maximum atomic E-state index is 13.8. The number of benzene rings is 1. The smallest absolute Gasteiger partial charge is 0.206 e. The first-order valence-electron chi connectivity index (χ1n) is 5.53. The number of hydrogen-bond acceptors (Lipinski definition) is 6. The predicted octanol–water partition coefficient (Wildman–Crippen LogP) is 1.68. The van der Waals surface area contributed by atoms with Gasteiger partial charge in [-0.05, 0) is 12.1 Å². The van der Waals surface area contributed by atoms with Crippen LogP contribution < -0.4 is 20.9 Å². The Labute approximate surface area is 110 Å². The molecular formula is C12H14FN5O. The van der Waals surface area contributed by atoms with Crippen LogP contribution in [-0.2, 0) is 0 Å². The lowest BCUT2D eigenvalue weighted by Gasteiger charge is -2.21. The van der Waals surface area contributed by atoms with Gasteiger partial charge in [-0.25, -0.2) is 20.2 Å². The van der Waals surface area contributed by atoms with Gasteiger partial charge in [0.05, 0.1) is 12.8 Å². The minimum absolute atomic E-state index is 0.329. The highest BCUT2D eigenvalue weighted by atomic mass is 19.1. The number of halogens is 1. The summed E-state index contributed by atoms with van der Waals surface area (Å²) in [7, 11) is 3.15. The van der Waals surface area contributed by atoms with E-state index in [1.165, 1.54) is 19.5 Å². The molecule has 0 bridgehead atoms. The van der Waals surface area contributed by atoms with E-state index in [1.807, 2.05) is 0 Å². The van der Waals surface area contributed by atoms with Crippen molar-refractivity contribution in [2.45, 2.75) is 0 Å². The Bertz CT molecular complexity index is 578. The Morgan fingerprint density at radius 2 is 2.05 bits per heavy atom. The van der Waals surface area contributed by atoms with E-state index in [9.17, 15) is 4.39 Å². The van der Waals surface area contributed by atoms with Crippen molar-refractivity contribution >= 4 is 17.3 Å². The number of nitrogens with one attached hydrogen (secondary N) is 1. The number of nitrogens with zero attached hydrogens (tertiary/aromatic N) is 3. The van der Waals surface area contributed by atoms with Crippen molar-refractivity contribution < 1.29 is 9.13 Å². The normalized spacial score (nSPS) is 10.1. The van der Waals surface area contributed by atoms with Crippen LogP contribution >= 0.6 is 0 Å². The summed E-state index contributed by atoms with van der Waals surface area (Å²) in [6.07, 6.45) is 1.32. The Hall–Kier alpha value is -2.41. The summed E-state index contributed by atoms with van der Waals surface area (Å²) in [5, 5.41) is 0. The highest BCUT2D eigenvalue weighted by Gasteiger charge is 2.18. The number of methoxy groups -OCH3 is 1. The van der Waals surface area contributed by atoms with Gasteiger partial charge in [0.1, 0.15) is 12.1 Å². The van der Waals surface area contributed by atoms with Crippen LogP contribution in [0.2, 0.25) is 0 Å². The number of rotatable bonds is 4. The van der Waals surface area contributed by atoms with Gasteiger partial charge in [0.15, 0.2) is 11.6 Å². The second-order valence-corrected chi connectivity index (χ2v) is 3.73. The third-order valence-electron chi connectivity index (χ3n) is 2.66. The quantitative estimate of drug-likeness (QED) is 0.645. The molecule has 1 aromatic carbocycles. The van der Waals surface area contributed by atoms with E-state index >= 15 is 0 Å². The molecule has 0 radical (unpaired) electrons. The Morgan fingerprint density at radius 3 is 2.68 bits per heavy atom. The standard InChI is InChI=1S/C12H14FN5O/c1-18(9-6-4-3-5-8(9)13)12-10(19-2)11(17-14)15-7-16-12/h3-7H,14H2,1-2H3,(H,15,16,17). The molecule has 1 aromatic heterocycles. The summed E-state index contributed by atoms with van der Waals surface area (Å²) < 4.78 is 19.0. The SMILES string of the molecule is COc1c(NN)ncnc1N(C)c1ccccc1F. The van der Waals surface area contributed by atoms with E-state index in [0.29, 0.717) is 23.1 Å². The van der Waals surface area contributed by atoms with Gasteiger partial charge < -0.3 is 15.1 Å². The number of hydrazine groups is 1. The van der Waals surface area contributed by atoms with Crippen molar-refractivity contribution in [2.24, 2.45) is 5.84 Å². The Kier molecular flexibility index (Phi) is 3.76. The fourth-order valence-corrected chi connectivity index (χ4v) is 1.73. The Morgan fingerprint density at radius 1 is 1.32 bits per heavy atom. The van der Waals surface area contributed by atoms with E-state index in [4.69, 9.17) is 10.6 Å². The number of ether oxygens (including phenoxy) is 1. The second-order valence-electron chi connectivity index (χ2n) is 3.73. The average Bonchev–Trinajstić information content (AvgIpc) is 2.46. The topological polar surface area (TPSA) is 76.3 Å². The molecule has 1 heterocycles. The van der Waals surface area contributed by atoms with E-state index < -0.39 is 0 Å². The lowest BCUT2D eigenvalue weighted by Crippen LogP contribution is -2.17. The van der Waals surface area contributed by atoms with Crippen molar-refractivity contribution in [3.63, 3.8) is 0 Å². The molecule has 0 spiro atoms. The van der Waals surface area contributed by atoms with Gasteiger partial charge in [-0.2, -0.15) is 0 Å². The molecule has 19 heavy (non-hydrogen) atoms. The van der Waals surface area contributed by atoms with Crippen LogP contribution in [0.15, 0.2) is 30.6 Å². The fourth-order valence-electron chi connectivity index (χ4n) is 1.73. The van der Waals surface area contributed by atoms with Gasteiger partial charge in [-0.3, -0.25) is 0 Å². The minimum Gasteiger partial charge on any atom is -0.490 e. The van der Waals surface area contributed by atoms with Gasteiger partial charge >= 0.3 is 0 Å². The first-order valence-corrected chi connectivity index (χ1v) is 5.53. The van der Waals surface area contributed by atoms with Crippen molar-refractivity contribution in [3.05, 3.63) is 36.4 Å². The van der Waals surface area contributed by atoms with Gasteiger partial charge in [0.2, 0.25) is 5.75 Å². The first kappa shape index (κ1) is 13.0. The van der Waals surface area contributed by atoms with Crippen molar-refractivity contribution in [2.75, 3.05) is 24.5 Å². The molecule has 3 N–H and O–H groups in total. The molecule has 0 unspecified atom stereocenters.